The number of hydrogen-bond donors (Lipinski definition) is 2. The Morgan fingerprint density at radius 1 is 1.10 bits per heavy atom. The third-order valence-corrected chi connectivity index (χ3v) is 6.13. The molecule has 7 heteroatoms. The van der Waals surface area contributed by atoms with E-state index in [1.54, 1.807) is 0 Å². The van der Waals surface area contributed by atoms with Gasteiger partial charge in [-0.25, -0.2) is 4.98 Å². The molecule has 1 aliphatic heterocycles. The number of rotatable bonds is 7. The number of amides is 1. The molecule has 1 atom stereocenters. The molecule has 0 aliphatic carbocycles. The third-order valence-electron chi connectivity index (χ3n) is 5.18. The third kappa shape index (κ3) is 4.99. The summed E-state index contributed by atoms with van der Waals surface area (Å²) in [6, 6.07) is 15.8. The normalized spacial score (nSPS) is 15.3. The molecule has 31 heavy (non-hydrogen) atoms. The maximum absolute atomic E-state index is 13.0. The molecule has 1 aliphatic rings. The highest BCUT2D eigenvalue weighted by atomic mass is 32.2. The van der Waals surface area contributed by atoms with Crippen LogP contribution in [0.1, 0.15) is 47.9 Å². The van der Waals surface area contributed by atoms with Crippen LogP contribution in [0.5, 0.6) is 5.75 Å². The first kappa shape index (κ1) is 21.2. The molecule has 160 valence electrons. The van der Waals surface area contributed by atoms with Crippen molar-refractivity contribution in [2.24, 2.45) is 0 Å². The quantitative estimate of drug-likeness (QED) is 0.417. The number of nitrogens with zero attached hydrogens (tertiary/aromatic N) is 1. The molecule has 1 amide bonds. The Bertz CT molecular complexity index is 1120. The zero-order valence-electron chi connectivity index (χ0n) is 17.6. The van der Waals surface area contributed by atoms with Gasteiger partial charge in [-0.3, -0.25) is 9.59 Å². The predicted molar refractivity (Wildman–Crippen MR) is 123 cm³/mol. The second kappa shape index (κ2) is 9.39. The molecular formula is C24H25N3O3S. The summed E-state index contributed by atoms with van der Waals surface area (Å²) >= 11 is 1.44. The number of hydrogen-bond acceptors (Lipinski definition) is 5. The number of carbonyl (C=O) groups is 1. The summed E-state index contributed by atoms with van der Waals surface area (Å²) in [5.41, 5.74) is 3.53. The molecule has 2 N–H and O–H groups in total. The van der Waals surface area contributed by atoms with Crippen LogP contribution >= 0.6 is 11.8 Å². The van der Waals surface area contributed by atoms with Crippen molar-refractivity contribution in [3.63, 3.8) is 0 Å². The maximum Gasteiger partial charge on any atom is 0.257 e. The Balaban J connectivity index is 1.58. The summed E-state index contributed by atoms with van der Waals surface area (Å²) in [6.07, 6.45) is 1.14. The van der Waals surface area contributed by atoms with Crippen LogP contribution < -0.4 is 15.6 Å². The van der Waals surface area contributed by atoms with Gasteiger partial charge in [0.25, 0.3) is 5.56 Å². The minimum atomic E-state index is -0.337. The van der Waals surface area contributed by atoms with Crippen molar-refractivity contribution >= 4 is 23.5 Å². The van der Waals surface area contributed by atoms with Crippen molar-refractivity contribution in [3.05, 3.63) is 81.1 Å². The van der Waals surface area contributed by atoms with E-state index in [0.29, 0.717) is 28.9 Å². The largest absolute Gasteiger partial charge is 0.494 e. The fourth-order valence-electron chi connectivity index (χ4n) is 3.56. The second-order valence-corrected chi connectivity index (χ2v) is 8.59. The fraction of sp³-hybridized carbons (Fsp3) is 0.292. The van der Waals surface area contributed by atoms with E-state index < -0.39 is 0 Å². The zero-order valence-corrected chi connectivity index (χ0v) is 18.4. The maximum atomic E-state index is 13.0. The summed E-state index contributed by atoms with van der Waals surface area (Å²) in [4.78, 5) is 32.7. The number of nitrogens with one attached hydrogen (secondary N) is 2. The summed E-state index contributed by atoms with van der Waals surface area (Å²) in [6.45, 7) is 4.75. The molecule has 0 radical (unpaired) electrons. The van der Waals surface area contributed by atoms with E-state index in [9.17, 15) is 9.59 Å². The average molecular weight is 436 g/mol. The molecule has 2 heterocycles. The van der Waals surface area contributed by atoms with E-state index >= 15 is 0 Å². The SMILES string of the molecule is CCCOc1ccc([C@H]2CC(=O)Nc3nc(SCc4ccc(C)cc4)[nH]c(=O)c32)cc1. The molecule has 2 aromatic carbocycles. The molecule has 0 bridgehead atoms. The van der Waals surface area contributed by atoms with E-state index in [1.807, 2.05) is 31.2 Å². The van der Waals surface area contributed by atoms with E-state index in [2.05, 4.69) is 46.5 Å². The van der Waals surface area contributed by atoms with Crippen molar-refractivity contribution in [1.29, 1.82) is 0 Å². The van der Waals surface area contributed by atoms with Crippen LogP contribution in [0, 0.1) is 6.92 Å². The van der Waals surface area contributed by atoms with Gasteiger partial charge in [0.2, 0.25) is 5.91 Å². The molecule has 4 rings (SSSR count). The van der Waals surface area contributed by atoms with Crippen molar-refractivity contribution in [2.75, 3.05) is 11.9 Å². The van der Waals surface area contributed by atoms with Gasteiger partial charge in [0.1, 0.15) is 11.6 Å². The number of thioether (sulfide) groups is 1. The highest BCUT2D eigenvalue weighted by Crippen LogP contribution is 2.35. The highest BCUT2D eigenvalue weighted by molar-refractivity contribution is 7.98. The van der Waals surface area contributed by atoms with Crippen LogP contribution in [0.2, 0.25) is 0 Å². The number of ether oxygens (including phenoxy) is 1. The van der Waals surface area contributed by atoms with E-state index in [4.69, 9.17) is 4.74 Å². The van der Waals surface area contributed by atoms with Crippen LogP contribution in [-0.2, 0) is 10.5 Å². The molecular weight excluding hydrogens is 410 g/mol. The highest BCUT2D eigenvalue weighted by Gasteiger charge is 2.31. The molecule has 0 fully saturated rings. The van der Waals surface area contributed by atoms with Crippen molar-refractivity contribution in [3.8, 4) is 5.75 Å². The van der Waals surface area contributed by atoms with Gasteiger partial charge in [-0.15, -0.1) is 0 Å². The first-order valence-electron chi connectivity index (χ1n) is 10.4. The number of benzene rings is 2. The van der Waals surface area contributed by atoms with Crippen molar-refractivity contribution in [1.82, 2.24) is 9.97 Å². The van der Waals surface area contributed by atoms with E-state index in [0.717, 1.165) is 23.3 Å². The number of anilines is 1. The average Bonchev–Trinajstić information content (AvgIpc) is 2.77. The second-order valence-electron chi connectivity index (χ2n) is 7.63. The number of aryl methyl sites for hydroxylation is 1. The zero-order chi connectivity index (χ0) is 21.8. The number of H-pyrrole nitrogens is 1. The molecule has 0 unspecified atom stereocenters. The van der Waals surface area contributed by atoms with Gasteiger partial charge >= 0.3 is 0 Å². The Morgan fingerprint density at radius 3 is 2.55 bits per heavy atom. The van der Waals surface area contributed by atoms with Crippen LogP contribution in [0.4, 0.5) is 5.82 Å². The first-order valence-corrected chi connectivity index (χ1v) is 11.4. The number of aromatic nitrogens is 2. The minimum absolute atomic E-state index is 0.142. The van der Waals surface area contributed by atoms with Gasteiger partial charge in [0, 0.05) is 18.1 Å². The Labute approximate surface area is 185 Å². The van der Waals surface area contributed by atoms with Crippen LogP contribution in [0.15, 0.2) is 58.5 Å². The fourth-order valence-corrected chi connectivity index (χ4v) is 4.37. The molecule has 0 spiro atoms. The number of fused-ring (bicyclic) bond motifs is 1. The van der Waals surface area contributed by atoms with Crippen LogP contribution in [0.3, 0.4) is 0 Å². The number of aromatic amines is 1. The summed E-state index contributed by atoms with van der Waals surface area (Å²) in [5.74, 6) is 1.33. The molecule has 0 saturated carbocycles. The lowest BCUT2D eigenvalue weighted by Crippen LogP contribution is -2.31. The lowest BCUT2D eigenvalue weighted by Gasteiger charge is -2.24. The molecule has 0 saturated heterocycles. The van der Waals surface area contributed by atoms with Crippen molar-refractivity contribution in [2.45, 2.75) is 43.5 Å². The number of carbonyl (C=O) groups excluding carboxylic acids is 1. The predicted octanol–water partition coefficient (Wildman–Crippen LogP) is 4.63. The Hall–Kier alpha value is -3.06. The Kier molecular flexibility index (Phi) is 6.42. The molecule has 1 aromatic heterocycles. The van der Waals surface area contributed by atoms with E-state index in [-0.39, 0.29) is 23.8 Å². The summed E-state index contributed by atoms with van der Waals surface area (Å²) in [7, 11) is 0. The standard InChI is InChI=1S/C24H25N3O3S/c1-3-12-30-18-10-8-17(9-11-18)19-13-20(28)25-22-21(19)23(29)27-24(26-22)31-14-16-6-4-15(2)5-7-16/h4-11,19H,3,12-14H2,1-2H3,(H2,25,26,27,28,29)/t19-/m1/s1. The topological polar surface area (TPSA) is 84.1 Å². The Morgan fingerprint density at radius 2 is 1.84 bits per heavy atom. The van der Waals surface area contributed by atoms with Gasteiger partial charge in [0.05, 0.1) is 12.2 Å². The van der Waals surface area contributed by atoms with Gasteiger partial charge in [-0.2, -0.15) is 0 Å². The van der Waals surface area contributed by atoms with Crippen molar-refractivity contribution < 1.29 is 9.53 Å². The van der Waals surface area contributed by atoms with Crippen LogP contribution in [0.25, 0.3) is 0 Å². The minimum Gasteiger partial charge on any atom is -0.494 e. The first-order chi connectivity index (χ1) is 15.0. The monoisotopic (exact) mass is 435 g/mol. The smallest absolute Gasteiger partial charge is 0.257 e. The molecule has 3 aromatic rings. The van der Waals surface area contributed by atoms with Gasteiger partial charge in [-0.1, -0.05) is 60.6 Å². The molecule has 6 nitrogen and oxygen atoms in total. The summed E-state index contributed by atoms with van der Waals surface area (Å²) < 4.78 is 5.64. The summed E-state index contributed by atoms with van der Waals surface area (Å²) in [5, 5.41) is 3.27. The van der Waals surface area contributed by atoms with Gasteiger partial charge in [-0.05, 0) is 36.6 Å². The lowest BCUT2D eigenvalue weighted by molar-refractivity contribution is -0.116. The van der Waals surface area contributed by atoms with Gasteiger partial charge in [0.15, 0.2) is 5.16 Å². The lowest BCUT2D eigenvalue weighted by atomic mass is 9.87. The van der Waals surface area contributed by atoms with Crippen LogP contribution in [-0.4, -0.2) is 22.5 Å². The van der Waals surface area contributed by atoms with Gasteiger partial charge < -0.3 is 15.0 Å². The van der Waals surface area contributed by atoms with E-state index in [1.165, 1.54) is 17.3 Å².